The molecule has 2 atom stereocenters. The Balaban J connectivity index is 2.00. The number of hydrogen-bond donors (Lipinski definition) is 1. The van der Waals surface area contributed by atoms with Crippen LogP contribution in [-0.2, 0) is 0 Å². The van der Waals surface area contributed by atoms with Gasteiger partial charge in [-0.3, -0.25) is 4.99 Å². The maximum atomic E-state index is 5.96. The van der Waals surface area contributed by atoms with Gasteiger partial charge in [0.25, 0.3) is 0 Å². The number of nitrogens with one attached hydrogen (secondary N) is 1. The second kappa shape index (κ2) is 3.81. The van der Waals surface area contributed by atoms with Crippen LogP contribution in [0.15, 0.2) is 29.3 Å². The van der Waals surface area contributed by atoms with Gasteiger partial charge in [-0.1, -0.05) is 25.1 Å². The summed E-state index contributed by atoms with van der Waals surface area (Å²) in [7, 11) is 0. The molecule has 0 spiro atoms. The highest BCUT2D eigenvalue weighted by Crippen LogP contribution is 2.39. The van der Waals surface area contributed by atoms with Crippen LogP contribution in [0.25, 0.3) is 0 Å². The third-order valence-electron chi connectivity index (χ3n) is 3.30. The normalized spacial score (nSPS) is 26.9. The SMILES string of the molecule is CCC1Oc2ccccc2C1C1=NCCN1. The molecule has 3 nitrogen and oxygen atoms in total. The molecule has 1 aromatic rings. The molecule has 0 fully saturated rings. The van der Waals surface area contributed by atoms with Crippen LogP contribution in [0.2, 0.25) is 0 Å². The predicted octanol–water partition coefficient (Wildman–Crippen LogP) is 1.94. The van der Waals surface area contributed by atoms with Gasteiger partial charge >= 0.3 is 0 Å². The molecule has 0 bridgehead atoms. The van der Waals surface area contributed by atoms with Gasteiger partial charge in [-0.05, 0) is 12.5 Å². The lowest BCUT2D eigenvalue weighted by atomic mass is 9.93. The van der Waals surface area contributed by atoms with Crippen molar-refractivity contribution in [3.8, 4) is 5.75 Å². The van der Waals surface area contributed by atoms with Crippen molar-refractivity contribution < 1.29 is 4.74 Å². The molecule has 2 aliphatic rings. The van der Waals surface area contributed by atoms with Gasteiger partial charge in [0.05, 0.1) is 12.5 Å². The molecule has 3 rings (SSSR count). The molecule has 0 amide bonds. The lowest BCUT2D eigenvalue weighted by Crippen LogP contribution is -2.32. The molecule has 0 radical (unpaired) electrons. The number of nitrogens with zero attached hydrogens (tertiary/aromatic N) is 1. The van der Waals surface area contributed by atoms with Gasteiger partial charge in [-0.15, -0.1) is 0 Å². The van der Waals surface area contributed by atoms with E-state index in [2.05, 4.69) is 29.4 Å². The fraction of sp³-hybridized carbons (Fsp3) is 0.462. The van der Waals surface area contributed by atoms with Crippen LogP contribution in [0, 0.1) is 0 Å². The van der Waals surface area contributed by atoms with E-state index < -0.39 is 0 Å². The number of amidine groups is 1. The number of rotatable bonds is 2. The highest BCUT2D eigenvalue weighted by atomic mass is 16.5. The van der Waals surface area contributed by atoms with Gasteiger partial charge in [-0.25, -0.2) is 0 Å². The number of para-hydroxylation sites is 1. The van der Waals surface area contributed by atoms with Crippen molar-refractivity contribution in [1.29, 1.82) is 0 Å². The van der Waals surface area contributed by atoms with Crippen molar-refractivity contribution in [2.45, 2.75) is 25.4 Å². The second-order valence-corrected chi connectivity index (χ2v) is 4.27. The van der Waals surface area contributed by atoms with E-state index in [0.717, 1.165) is 31.1 Å². The van der Waals surface area contributed by atoms with Gasteiger partial charge < -0.3 is 10.1 Å². The molecule has 0 saturated carbocycles. The second-order valence-electron chi connectivity index (χ2n) is 4.27. The Hall–Kier alpha value is -1.51. The Bertz CT molecular complexity index is 428. The Morgan fingerprint density at radius 2 is 2.31 bits per heavy atom. The summed E-state index contributed by atoms with van der Waals surface area (Å²) < 4.78 is 5.96. The monoisotopic (exact) mass is 216 g/mol. The minimum Gasteiger partial charge on any atom is -0.489 e. The molecule has 0 saturated heterocycles. The molecule has 1 N–H and O–H groups in total. The molecule has 2 heterocycles. The van der Waals surface area contributed by atoms with Crippen molar-refractivity contribution in [2.24, 2.45) is 4.99 Å². The third kappa shape index (κ3) is 1.39. The molecular formula is C13H16N2O. The third-order valence-corrected chi connectivity index (χ3v) is 3.30. The summed E-state index contributed by atoms with van der Waals surface area (Å²) in [6.07, 6.45) is 1.25. The Morgan fingerprint density at radius 1 is 1.44 bits per heavy atom. The number of aliphatic imine (C=N–C) groups is 1. The van der Waals surface area contributed by atoms with Crippen LogP contribution in [0.3, 0.4) is 0 Å². The first-order valence-corrected chi connectivity index (χ1v) is 5.94. The molecule has 2 unspecified atom stereocenters. The van der Waals surface area contributed by atoms with E-state index in [0.29, 0.717) is 5.92 Å². The minimum absolute atomic E-state index is 0.238. The van der Waals surface area contributed by atoms with Gasteiger partial charge in [0.2, 0.25) is 0 Å². The average Bonchev–Trinajstić information content (AvgIpc) is 2.94. The van der Waals surface area contributed by atoms with Crippen LogP contribution in [-0.4, -0.2) is 25.0 Å². The van der Waals surface area contributed by atoms with E-state index in [1.165, 1.54) is 5.56 Å². The summed E-state index contributed by atoms with van der Waals surface area (Å²) in [6, 6.07) is 8.30. The highest BCUT2D eigenvalue weighted by Gasteiger charge is 2.37. The van der Waals surface area contributed by atoms with Crippen molar-refractivity contribution in [1.82, 2.24) is 5.32 Å². The fourth-order valence-corrected chi connectivity index (χ4v) is 2.54. The van der Waals surface area contributed by atoms with E-state index in [1.807, 2.05) is 12.1 Å². The maximum absolute atomic E-state index is 5.96. The number of hydrogen-bond acceptors (Lipinski definition) is 3. The first-order chi connectivity index (χ1) is 7.90. The first-order valence-electron chi connectivity index (χ1n) is 5.94. The molecule has 1 aromatic carbocycles. The highest BCUT2D eigenvalue weighted by molar-refractivity contribution is 5.92. The smallest absolute Gasteiger partial charge is 0.123 e. The molecular weight excluding hydrogens is 200 g/mol. The Morgan fingerprint density at radius 3 is 3.06 bits per heavy atom. The Labute approximate surface area is 95.5 Å². The molecule has 3 heteroatoms. The zero-order valence-electron chi connectivity index (χ0n) is 9.44. The van der Waals surface area contributed by atoms with Crippen molar-refractivity contribution in [3.05, 3.63) is 29.8 Å². The predicted molar refractivity (Wildman–Crippen MR) is 64.2 cm³/mol. The van der Waals surface area contributed by atoms with E-state index in [-0.39, 0.29) is 6.10 Å². The molecule has 0 aliphatic carbocycles. The summed E-state index contributed by atoms with van der Waals surface area (Å²) in [5, 5.41) is 3.37. The van der Waals surface area contributed by atoms with Gasteiger partial charge in [0, 0.05) is 12.1 Å². The first kappa shape index (κ1) is 9.70. The zero-order chi connectivity index (χ0) is 11.0. The van der Waals surface area contributed by atoms with Crippen molar-refractivity contribution in [2.75, 3.05) is 13.1 Å². The number of ether oxygens (including phenoxy) is 1. The van der Waals surface area contributed by atoms with E-state index in [4.69, 9.17) is 4.74 Å². The molecule has 84 valence electrons. The van der Waals surface area contributed by atoms with E-state index in [1.54, 1.807) is 0 Å². The molecule has 2 aliphatic heterocycles. The lowest BCUT2D eigenvalue weighted by Gasteiger charge is -2.17. The maximum Gasteiger partial charge on any atom is 0.123 e. The van der Waals surface area contributed by atoms with Crippen LogP contribution in [0.1, 0.15) is 24.8 Å². The van der Waals surface area contributed by atoms with Gasteiger partial charge in [0.15, 0.2) is 0 Å². The van der Waals surface area contributed by atoms with Gasteiger partial charge in [0.1, 0.15) is 17.7 Å². The summed E-state index contributed by atoms with van der Waals surface area (Å²) >= 11 is 0. The quantitative estimate of drug-likeness (QED) is 0.819. The Kier molecular flexibility index (Phi) is 2.31. The van der Waals surface area contributed by atoms with Crippen molar-refractivity contribution in [3.63, 3.8) is 0 Å². The lowest BCUT2D eigenvalue weighted by molar-refractivity contribution is 0.219. The van der Waals surface area contributed by atoms with Crippen LogP contribution < -0.4 is 10.1 Å². The standard InChI is InChI=1S/C13H16N2O/c1-2-10-12(13-14-7-8-15-13)9-5-3-4-6-11(9)16-10/h3-6,10,12H,2,7-8H2,1H3,(H,14,15). The van der Waals surface area contributed by atoms with Gasteiger partial charge in [-0.2, -0.15) is 0 Å². The summed E-state index contributed by atoms with van der Waals surface area (Å²) in [5.41, 5.74) is 1.28. The largest absolute Gasteiger partial charge is 0.489 e. The fourth-order valence-electron chi connectivity index (χ4n) is 2.54. The number of benzene rings is 1. The average molecular weight is 216 g/mol. The molecule has 16 heavy (non-hydrogen) atoms. The molecule has 0 aromatic heterocycles. The number of fused-ring (bicyclic) bond motifs is 1. The van der Waals surface area contributed by atoms with E-state index in [9.17, 15) is 0 Å². The summed E-state index contributed by atoms with van der Waals surface area (Å²) in [4.78, 5) is 4.54. The van der Waals surface area contributed by atoms with E-state index >= 15 is 0 Å². The summed E-state index contributed by atoms with van der Waals surface area (Å²) in [5.74, 6) is 2.44. The topological polar surface area (TPSA) is 33.6 Å². The zero-order valence-corrected chi connectivity index (χ0v) is 9.44. The minimum atomic E-state index is 0.238. The van der Waals surface area contributed by atoms with Crippen molar-refractivity contribution >= 4 is 5.84 Å². The summed E-state index contributed by atoms with van der Waals surface area (Å²) in [6.45, 7) is 4.02. The van der Waals surface area contributed by atoms with Crippen LogP contribution in [0.5, 0.6) is 5.75 Å². The van der Waals surface area contributed by atoms with Crippen LogP contribution in [0.4, 0.5) is 0 Å². The van der Waals surface area contributed by atoms with Crippen LogP contribution >= 0.6 is 0 Å².